The van der Waals surface area contributed by atoms with Gasteiger partial charge in [-0.2, -0.15) is 0 Å². The van der Waals surface area contributed by atoms with Gasteiger partial charge in [0.2, 0.25) is 0 Å². The first-order valence-electron chi connectivity index (χ1n) is 8.27. The summed E-state index contributed by atoms with van der Waals surface area (Å²) < 4.78 is 1.64. The molecule has 0 aliphatic heterocycles. The predicted octanol–water partition coefficient (Wildman–Crippen LogP) is 1.87. The summed E-state index contributed by atoms with van der Waals surface area (Å²) in [5, 5.41) is 21.0. The Labute approximate surface area is 145 Å². The topological polar surface area (TPSA) is 92.9 Å². The molecule has 0 bridgehead atoms. The molecule has 7 heteroatoms. The van der Waals surface area contributed by atoms with Gasteiger partial charge < -0.3 is 10.4 Å². The number of nitrogens with zero attached hydrogens (tertiary/aromatic N) is 4. The zero-order valence-electron chi connectivity index (χ0n) is 14.3. The van der Waals surface area contributed by atoms with Crippen LogP contribution in [0.5, 0.6) is 0 Å². The summed E-state index contributed by atoms with van der Waals surface area (Å²) >= 11 is 0. The maximum Gasteiger partial charge on any atom is 0.273 e. The van der Waals surface area contributed by atoms with Crippen molar-refractivity contribution in [1.29, 1.82) is 0 Å². The predicted molar refractivity (Wildman–Crippen MR) is 94.6 cm³/mol. The third-order valence-corrected chi connectivity index (χ3v) is 4.18. The molecule has 0 radical (unpaired) electrons. The maximum atomic E-state index is 12.4. The van der Waals surface area contributed by atoms with Crippen LogP contribution in [-0.4, -0.2) is 44.1 Å². The molecule has 0 saturated heterocycles. The highest BCUT2D eigenvalue weighted by Gasteiger charge is 2.19. The van der Waals surface area contributed by atoms with Gasteiger partial charge in [0.25, 0.3) is 5.91 Å². The van der Waals surface area contributed by atoms with Gasteiger partial charge in [-0.05, 0) is 31.4 Å². The van der Waals surface area contributed by atoms with E-state index in [2.05, 4.69) is 20.6 Å². The number of pyridine rings is 1. The number of aromatic nitrogens is 4. The quantitative estimate of drug-likeness (QED) is 0.715. The van der Waals surface area contributed by atoms with Crippen molar-refractivity contribution >= 4 is 16.8 Å². The van der Waals surface area contributed by atoms with Gasteiger partial charge in [0.05, 0.1) is 16.9 Å². The number of rotatable bonds is 6. The van der Waals surface area contributed by atoms with Gasteiger partial charge >= 0.3 is 0 Å². The molecule has 1 aromatic carbocycles. The lowest BCUT2D eigenvalue weighted by Gasteiger charge is -2.10. The molecule has 0 aliphatic rings. The highest BCUT2D eigenvalue weighted by molar-refractivity contribution is 5.93. The number of fused-ring (bicyclic) bond motifs is 1. The summed E-state index contributed by atoms with van der Waals surface area (Å²) in [6, 6.07) is 9.67. The van der Waals surface area contributed by atoms with Crippen LogP contribution in [0.15, 0.2) is 36.5 Å². The highest BCUT2D eigenvalue weighted by atomic mass is 16.3. The lowest BCUT2D eigenvalue weighted by atomic mass is 10.1. The Morgan fingerprint density at radius 2 is 2.12 bits per heavy atom. The van der Waals surface area contributed by atoms with Gasteiger partial charge in [-0.25, -0.2) is 4.68 Å². The molecule has 3 aromatic rings. The van der Waals surface area contributed by atoms with Gasteiger partial charge in [-0.1, -0.05) is 30.3 Å². The Morgan fingerprint density at radius 1 is 1.32 bits per heavy atom. The minimum absolute atomic E-state index is 0.111. The van der Waals surface area contributed by atoms with Crippen LogP contribution in [-0.2, 0) is 0 Å². The molecule has 7 nitrogen and oxygen atoms in total. The van der Waals surface area contributed by atoms with Gasteiger partial charge in [-0.3, -0.25) is 9.78 Å². The second-order valence-electron chi connectivity index (χ2n) is 6.12. The van der Waals surface area contributed by atoms with E-state index in [4.69, 9.17) is 5.11 Å². The van der Waals surface area contributed by atoms with Crippen LogP contribution < -0.4 is 5.32 Å². The number of carbonyl (C=O) groups excluding carboxylic acids is 1. The molecular formula is C18H21N5O2. The standard InChI is InChI=1S/C18H21N5O2/c1-12(8-10-24)11-20-18(25)16-13(2)23(22-21-16)15-7-3-5-14-6-4-9-19-17(14)15/h3-7,9,12,24H,8,10-11H2,1-2H3,(H,20,25). The molecule has 0 fully saturated rings. The van der Waals surface area contributed by atoms with E-state index in [9.17, 15) is 4.79 Å². The molecule has 2 heterocycles. The number of benzene rings is 1. The number of hydrogen-bond acceptors (Lipinski definition) is 5. The third-order valence-electron chi connectivity index (χ3n) is 4.18. The van der Waals surface area contributed by atoms with Crippen molar-refractivity contribution < 1.29 is 9.90 Å². The van der Waals surface area contributed by atoms with E-state index in [-0.39, 0.29) is 18.4 Å². The molecule has 2 N–H and O–H groups in total. The van der Waals surface area contributed by atoms with Crippen LogP contribution in [0.25, 0.3) is 16.6 Å². The van der Waals surface area contributed by atoms with Gasteiger partial charge in [0, 0.05) is 24.7 Å². The summed E-state index contributed by atoms with van der Waals surface area (Å²) in [5.41, 5.74) is 2.55. The Balaban J connectivity index is 1.87. The Kier molecular flexibility index (Phi) is 5.04. The van der Waals surface area contributed by atoms with Crippen LogP contribution in [0, 0.1) is 12.8 Å². The van der Waals surface area contributed by atoms with E-state index >= 15 is 0 Å². The Morgan fingerprint density at radius 3 is 2.92 bits per heavy atom. The summed E-state index contributed by atoms with van der Waals surface area (Å²) in [4.78, 5) is 16.8. The van der Waals surface area contributed by atoms with Crippen LogP contribution in [0.3, 0.4) is 0 Å². The number of aliphatic hydroxyl groups is 1. The molecule has 1 unspecified atom stereocenters. The summed E-state index contributed by atoms with van der Waals surface area (Å²) in [6.07, 6.45) is 2.38. The normalized spacial score (nSPS) is 12.3. The lowest BCUT2D eigenvalue weighted by Crippen LogP contribution is -2.29. The van der Waals surface area contributed by atoms with Gasteiger partial charge in [0.15, 0.2) is 5.69 Å². The lowest BCUT2D eigenvalue weighted by molar-refractivity contribution is 0.0939. The molecule has 3 rings (SSSR count). The fourth-order valence-electron chi connectivity index (χ4n) is 2.70. The molecule has 130 valence electrons. The fraction of sp³-hybridized carbons (Fsp3) is 0.333. The molecule has 0 spiro atoms. The monoisotopic (exact) mass is 339 g/mol. The Hall–Kier alpha value is -2.80. The van der Waals surface area contributed by atoms with E-state index in [1.807, 2.05) is 44.2 Å². The molecule has 1 atom stereocenters. The minimum atomic E-state index is -0.262. The number of hydrogen-bond donors (Lipinski definition) is 2. The zero-order valence-corrected chi connectivity index (χ0v) is 14.3. The molecule has 0 saturated carbocycles. The van der Waals surface area contributed by atoms with Crippen LogP contribution in [0.4, 0.5) is 0 Å². The molecule has 2 aromatic heterocycles. The molecular weight excluding hydrogens is 318 g/mol. The average Bonchev–Trinajstić information content (AvgIpc) is 3.01. The third kappa shape index (κ3) is 3.51. The van der Waals surface area contributed by atoms with Crippen molar-refractivity contribution in [2.75, 3.05) is 13.2 Å². The average molecular weight is 339 g/mol. The van der Waals surface area contributed by atoms with Gasteiger partial charge in [-0.15, -0.1) is 5.10 Å². The smallest absolute Gasteiger partial charge is 0.273 e. The molecule has 0 aliphatic carbocycles. The van der Waals surface area contributed by atoms with Crippen LogP contribution in [0.1, 0.15) is 29.5 Å². The van der Waals surface area contributed by atoms with Crippen molar-refractivity contribution in [3.8, 4) is 5.69 Å². The van der Waals surface area contributed by atoms with Crippen LogP contribution >= 0.6 is 0 Å². The van der Waals surface area contributed by atoms with Crippen molar-refractivity contribution in [2.45, 2.75) is 20.3 Å². The number of aliphatic hydroxyl groups excluding tert-OH is 1. The van der Waals surface area contributed by atoms with E-state index in [1.165, 1.54) is 0 Å². The number of para-hydroxylation sites is 1. The van der Waals surface area contributed by atoms with Crippen molar-refractivity contribution in [3.63, 3.8) is 0 Å². The zero-order chi connectivity index (χ0) is 17.8. The van der Waals surface area contributed by atoms with E-state index < -0.39 is 0 Å². The van der Waals surface area contributed by atoms with Crippen molar-refractivity contribution in [2.24, 2.45) is 5.92 Å². The summed E-state index contributed by atoms with van der Waals surface area (Å²) in [5.74, 6) is -0.0618. The van der Waals surface area contributed by atoms with E-state index in [0.29, 0.717) is 24.4 Å². The summed E-state index contributed by atoms with van der Waals surface area (Å²) in [7, 11) is 0. The SMILES string of the molecule is Cc1c(C(=O)NCC(C)CCO)nnn1-c1cccc2cccnc12. The number of amides is 1. The molecule has 25 heavy (non-hydrogen) atoms. The fourth-order valence-corrected chi connectivity index (χ4v) is 2.70. The Bertz CT molecular complexity index is 885. The largest absolute Gasteiger partial charge is 0.396 e. The number of nitrogens with one attached hydrogen (secondary N) is 1. The second kappa shape index (κ2) is 7.40. The van der Waals surface area contributed by atoms with Crippen molar-refractivity contribution in [3.05, 3.63) is 47.9 Å². The van der Waals surface area contributed by atoms with Crippen molar-refractivity contribution in [1.82, 2.24) is 25.3 Å². The first-order chi connectivity index (χ1) is 12.1. The maximum absolute atomic E-state index is 12.4. The van der Waals surface area contributed by atoms with E-state index in [1.54, 1.807) is 10.9 Å². The van der Waals surface area contributed by atoms with Crippen LogP contribution in [0.2, 0.25) is 0 Å². The molecule has 1 amide bonds. The van der Waals surface area contributed by atoms with E-state index in [0.717, 1.165) is 16.6 Å². The summed E-state index contributed by atoms with van der Waals surface area (Å²) in [6.45, 7) is 4.39. The number of carbonyl (C=O) groups is 1. The highest BCUT2D eigenvalue weighted by Crippen LogP contribution is 2.21. The first kappa shape index (κ1) is 17.0. The second-order valence-corrected chi connectivity index (χ2v) is 6.12. The first-order valence-corrected chi connectivity index (χ1v) is 8.27. The van der Waals surface area contributed by atoms with Gasteiger partial charge in [0.1, 0.15) is 0 Å². The minimum Gasteiger partial charge on any atom is -0.396 e.